The van der Waals surface area contributed by atoms with Gasteiger partial charge in [0.05, 0.1) is 0 Å². The van der Waals surface area contributed by atoms with Crippen LogP contribution in [-0.2, 0) is 0 Å². The Morgan fingerprint density at radius 2 is 2.50 bits per heavy atom. The van der Waals surface area contributed by atoms with Crippen molar-refractivity contribution in [1.82, 2.24) is 10.2 Å². The van der Waals surface area contributed by atoms with E-state index in [1.54, 1.807) is 17.2 Å². The van der Waals surface area contributed by atoms with Crippen molar-refractivity contribution in [2.75, 3.05) is 12.4 Å². The van der Waals surface area contributed by atoms with Crippen molar-refractivity contribution >= 4 is 17.6 Å². The van der Waals surface area contributed by atoms with Gasteiger partial charge in [0, 0.05) is 18.6 Å². The molecule has 1 atom stereocenters. The van der Waals surface area contributed by atoms with E-state index < -0.39 is 0 Å². The largest absolute Gasteiger partial charge is 0.322 e. The number of carbonyl (C=O) groups is 1. The Kier molecular flexibility index (Phi) is 3.37. The lowest BCUT2D eigenvalue weighted by Crippen LogP contribution is -2.51. The molecule has 1 aliphatic heterocycles. The van der Waals surface area contributed by atoms with Crippen LogP contribution in [0, 0.1) is 0 Å². The average Bonchev–Trinajstić information content (AvgIpc) is 2.04. The van der Waals surface area contributed by atoms with E-state index in [2.05, 4.69) is 5.32 Å². The van der Waals surface area contributed by atoms with Gasteiger partial charge in [0.15, 0.2) is 0 Å². The van der Waals surface area contributed by atoms with E-state index in [0.29, 0.717) is 12.4 Å². The van der Waals surface area contributed by atoms with Crippen LogP contribution in [0.2, 0.25) is 0 Å². The molecule has 3 N–H and O–H groups in total. The second kappa shape index (κ2) is 4.33. The first kappa shape index (κ1) is 9.35. The second-order valence-corrected chi connectivity index (χ2v) is 2.91. The van der Waals surface area contributed by atoms with Gasteiger partial charge < -0.3 is 16.0 Å². The molecule has 0 bridgehead atoms. The van der Waals surface area contributed by atoms with Crippen LogP contribution in [0.3, 0.4) is 0 Å². The lowest BCUT2D eigenvalue weighted by molar-refractivity contribution is 0.186. The Morgan fingerprint density at radius 1 is 1.75 bits per heavy atom. The molecular formula is C7H12ClN3O. The molecule has 1 aliphatic rings. The molecule has 1 rings (SSSR count). The number of hydrogen-bond acceptors (Lipinski definition) is 2. The number of rotatable bonds is 3. The van der Waals surface area contributed by atoms with Gasteiger partial charge in [-0.3, -0.25) is 0 Å². The topological polar surface area (TPSA) is 58.4 Å². The van der Waals surface area contributed by atoms with Gasteiger partial charge in [0.25, 0.3) is 0 Å². The van der Waals surface area contributed by atoms with E-state index in [0.717, 1.165) is 6.42 Å². The monoisotopic (exact) mass is 189 g/mol. The van der Waals surface area contributed by atoms with Gasteiger partial charge in [0.2, 0.25) is 0 Å². The lowest BCUT2D eigenvalue weighted by Gasteiger charge is -2.29. The van der Waals surface area contributed by atoms with Gasteiger partial charge in [-0.1, -0.05) is 0 Å². The fourth-order valence-electron chi connectivity index (χ4n) is 1.02. The third kappa shape index (κ3) is 2.12. The number of nitrogens with zero attached hydrogens (tertiary/aromatic N) is 1. The highest BCUT2D eigenvalue weighted by Crippen LogP contribution is 2.02. The van der Waals surface area contributed by atoms with Crippen LogP contribution in [0.1, 0.15) is 6.42 Å². The summed E-state index contributed by atoms with van der Waals surface area (Å²) >= 11 is 5.50. The van der Waals surface area contributed by atoms with Crippen molar-refractivity contribution < 1.29 is 4.79 Å². The zero-order valence-corrected chi connectivity index (χ0v) is 7.42. The maximum atomic E-state index is 11.2. The molecule has 2 amide bonds. The molecule has 0 saturated carbocycles. The quantitative estimate of drug-likeness (QED) is 0.633. The lowest BCUT2D eigenvalue weighted by atomic mass is 10.3. The fourth-order valence-corrected chi connectivity index (χ4v) is 1.14. The summed E-state index contributed by atoms with van der Waals surface area (Å²) in [6.07, 6.45) is 3.73. The van der Waals surface area contributed by atoms with E-state index >= 15 is 0 Å². The highest BCUT2D eigenvalue weighted by atomic mass is 35.5. The fraction of sp³-hybridized carbons (Fsp3) is 0.571. The summed E-state index contributed by atoms with van der Waals surface area (Å²) in [6, 6.07) is -0.157. The van der Waals surface area contributed by atoms with Gasteiger partial charge in [-0.15, -0.1) is 11.6 Å². The first-order chi connectivity index (χ1) is 5.75. The summed E-state index contributed by atoms with van der Waals surface area (Å²) in [6.45, 7) is 0.598. The van der Waals surface area contributed by atoms with Gasteiger partial charge in [-0.05, 0) is 12.5 Å². The molecule has 0 spiro atoms. The maximum absolute atomic E-state index is 11.2. The minimum Gasteiger partial charge on any atom is -0.315 e. The molecule has 0 aromatic carbocycles. The standard InChI is InChI=1S/C7H12ClN3O/c8-3-1-5-11-6(9)2-4-10-7(11)12/h2,4,6H,1,3,5,9H2,(H,10,12). The van der Waals surface area contributed by atoms with Crippen LogP contribution < -0.4 is 11.1 Å². The maximum Gasteiger partial charge on any atom is 0.322 e. The summed E-state index contributed by atoms with van der Waals surface area (Å²) in [5.74, 6) is 0.542. The molecule has 0 fully saturated rings. The zero-order chi connectivity index (χ0) is 8.97. The predicted molar refractivity (Wildman–Crippen MR) is 47.7 cm³/mol. The van der Waals surface area contributed by atoms with Crippen LogP contribution in [0.25, 0.3) is 0 Å². The number of alkyl halides is 1. The summed E-state index contributed by atoms with van der Waals surface area (Å²) in [7, 11) is 0. The molecule has 1 heterocycles. The van der Waals surface area contributed by atoms with Gasteiger partial charge >= 0.3 is 6.03 Å². The van der Waals surface area contributed by atoms with Crippen molar-refractivity contribution in [3.05, 3.63) is 12.3 Å². The highest BCUT2D eigenvalue weighted by Gasteiger charge is 2.19. The summed E-state index contributed by atoms with van der Waals surface area (Å²) in [5, 5.41) is 2.55. The molecule has 0 saturated heterocycles. The molecule has 1 unspecified atom stereocenters. The molecule has 5 heteroatoms. The average molecular weight is 190 g/mol. The third-order valence-electron chi connectivity index (χ3n) is 1.65. The SMILES string of the molecule is NC1C=CNC(=O)N1CCCCl. The predicted octanol–water partition coefficient (Wildman–Crippen LogP) is 0.439. The smallest absolute Gasteiger partial charge is 0.315 e. The zero-order valence-electron chi connectivity index (χ0n) is 6.66. The molecule has 0 radical (unpaired) electrons. The van der Waals surface area contributed by atoms with Crippen LogP contribution in [-0.4, -0.2) is 29.5 Å². The summed E-state index contributed by atoms with van der Waals surface area (Å²) < 4.78 is 0. The molecule has 4 nitrogen and oxygen atoms in total. The van der Waals surface area contributed by atoms with Crippen molar-refractivity contribution in [2.45, 2.75) is 12.6 Å². The van der Waals surface area contributed by atoms with Crippen LogP contribution in [0.5, 0.6) is 0 Å². The van der Waals surface area contributed by atoms with Gasteiger partial charge in [-0.2, -0.15) is 0 Å². The Morgan fingerprint density at radius 3 is 3.08 bits per heavy atom. The first-order valence-corrected chi connectivity index (χ1v) is 4.34. The van der Waals surface area contributed by atoms with Crippen molar-refractivity contribution in [2.24, 2.45) is 5.73 Å². The number of urea groups is 1. The summed E-state index contributed by atoms with van der Waals surface area (Å²) in [4.78, 5) is 12.7. The molecular weight excluding hydrogens is 178 g/mol. The van der Waals surface area contributed by atoms with Gasteiger partial charge in [0.1, 0.15) is 6.17 Å². The Balaban J connectivity index is 2.48. The Bertz CT molecular complexity index is 195. The highest BCUT2D eigenvalue weighted by molar-refractivity contribution is 6.17. The molecule has 0 aromatic rings. The van der Waals surface area contributed by atoms with E-state index in [1.807, 2.05) is 0 Å². The van der Waals surface area contributed by atoms with Crippen molar-refractivity contribution in [1.29, 1.82) is 0 Å². The molecule has 12 heavy (non-hydrogen) atoms. The minimum absolute atomic E-state index is 0.157. The first-order valence-electron chi connectivity index (χ1n) is 3.81. The Labute approximate surface area is 76.3 Å². The number of halogens is 1. The molecule has 68 valence electrons. The van der Waals surface area contributed by atoms with E-state index in [1.165, 1.54) is 0 Å². The number of carbonyl (C=O) groups excluding carboxylic acids is 1. The van der Waals surface area contributed by atoms with Crippen LogP contribution in [0.4, 0.5) is 4.79 Å². The Hall–Kier alpha value is -0.740. The molecule has 0 aliphatic carbocycles. The minimum atomic E-state index is -0.318. The van der Waals surface area contributed by atoms with Crippen molar-refractivity contribution in [3.8, 4) is 0 Å². The number of amides is 2. The second-order valence-electron chi connectivity index (χ2n) is 2.54. The van der Waals surface area contributed by atoms with Crippen LogP contribution >= 0.6 is 11.6 Å². The van der Waals surface area contributed by atoms with Crippen LogP contribution in [0.15, 0.2) is 12.3 Å². The van der Waals surface area contributed by atoms with E-state index in [-0.39, 0.29) is 12.2 Å². The van der Waals surface area contributed by atoms with E-state index in [9.17, 15) is 4.79 Å². The summed E-state index contributed by atoms with van der Waals surface area (Å²) in [5.41, 5.74) is 5.65. The number of nitrogens with two attached hydrogens (primary N) is 1. The third-order valence-corrected chi connectivity index (χ3v) is 1.92. The van der Waals surface area contributed by atoms with E-state index in [4.69, 9.17) is 17.3 Å². The number of nitrogens with one attached hydrogen (secondary N) is 1. The normalized spacial score (nSPS) is 22.7. The molecule has 0 aromatic heterocycles. The van der Waals surface area contributed by atoms with Gasteiger partial charge in [-0.25, -0.2) is 4.79 Å². The van der Waals surface area contributed by atoms with Crippen molar-refractivity contribution in [3.63, 3.8) is 0 Å². The number of hydrogen-bond donors (Lipinski definition) is 2.